The van der Waals surface area contributed by atoms with Gasteiger partial charge in [-0.2, -0.15) is 0 Å². The zero-order chi connectivity index (χ0) is 24.7. The lowest BCUT2D eigenvalue weighted by Crippen LogP contribution is -2.73. The van der Waals surface area contributed by atoms with Crippen LogP contribution in [0.25, 0.3) is 0 Å². The van der Waals surface area contributed by atoms with E-state index in [0.29, 0.717) is 45.2 Å². The summed E-state index contributed by atoms with van der Waals surface area (Å²) in [6, 6.07) is 9.00. The molecule has 192 valence electrons. The van der Waals surface area contributed by atoms with Gasteiger partial charge >= 0.3 is 6.09 Å². The molecule has 3 fully saturated rings. The van der Waals surface area contributed by atoms with Gasteiger partial charge in [-0.1, -0.05) is 30.3 Å². The van der Waals surface area contributed by atoms with Crippen LogP contribution in [0, 0.1) is 0 Å². The first-order valence-electron chi connectivity index (χ1n) is 12.8. The van der Waals surface area contributed by atoms with Gasteiger partial charge in [0.2, 0.25) is 11.8 Å². The van der Waals surface area contributed by atoms with Crippen molar-refractivity contribution in [2.75, 3.05) is 39.8 Å². The molecule has 3 heterocycles. The second-order valence-electron chi connectivity index (χ2n) is 9.93. The van der Waals surface area contributed by atoms with Crippen LogP contribution in [0.4, 0.5) is 4.79 Å². The van der Waals surface area contributed by atoms with Gasteiger partial charge in [0.1, 0.15) is 18.2 Å². The van der Waals surface area contributed by atoms with Gasteiger partial charge in [0.05, 0.1) is 6.10 Å². The highest BCUT2D eigenvalue weighted by atomic mass is 16.5. The maximum atomic E-state index is 13.6. The number of piperidine rings is 1. The number of hydrogen-bond donors (Lipinski definition) is 2. The molecular formula is C26H38N4O5. The monoisotopic (exact) mass is 486 g/mol. The van der Waals surface area contributed by atoms with E-state index < -0.39 is 17.7 Å². The molecule has 3 aliphatic heterocycles. The molecular weight excluding hydrogens is 448 g/mol. The van der Waals surface area contributed by atoms with E-state index in [9.17, 15) is 14.4 Å². The molecule has 0 aliphatic carbocycles. The van der Waals surface area contributed by atoms with E-state index in [1.807, 2.05) is 42.3 Å². The van der Waals surface area contributed by atoms with Crippen LogP contribution in [0.3, 0.4) is 0 Å². The highest BCUT2D eigenvalue weighted by Gasteiger charge is 2.53. The van der Waals surface area contributed by atoms with Gasteiger partial charge in [-0.15, -0.1) is 0 Å². The maximum absolute atomic E-state index is 13.6. The van der Waals surface area contributed by atoms with Gasteiger partial charge in [0.25, 0.3) is 0 Å². The molecule has 0 saturated carbocycles. The standard InChI is InChI=1S/C26H38N4O5/c1-29-15-12-26(13-16-29)24(32)28-22(23(31)30(26)18-21-10-7-17-34-21)11-5-6-14-27-25(33)35-19-20-8-3-2-4-9-20/h2-4,8-9,21-22H,5-7,10-19H2,1H3,(H,27,33)(H,28,32). The van der Waals surface area contributed by atoms with Crippen molar-refractivity contribution >= 4 is 17.9 Å². The maximum Gasteiger partial charge on any atom is 0.407 e. The number of carbonyl (C=O) groups excluding carboxylic acids is 3. The van der Waals surface area contributed by atoms with Crippen LogP contribution in [0.2, 0.25) is 0 Å². The highest BCUT2D eigenvalue weighted by molar-refractivity contribution is 6.00. The van der Waals surface area contributed by atoms with Crippen molar-refractivity contribution in [3.63, 3.8) is 0 Å². The smallest absolute Gasteiger partial charge is 0.407 e. The van der Waals surface area contributed by atoms with E-state index in [0.717, 1.165) is 38.1 Å². The molecule has 0 bridgehead atoms. The first-order valence-corrected chi connectivity index (χ1v) is 12.8. The molecule has 3 aliphatic rings. The predicted molar refractivity (Wildman–Crippen MR) is 131 cm³/mol. The average Bonchev–Trinajstić information content (AvgIpc) is 3.39. The predicted octanol–water partition coefficient (Wildman–Crippen LogP) is 2.05. The molecule has 1 aromatic rings. The normalized spacial score (nSPS) is 24.4. The van der Waals surface area contributed by atoms with Crippen LogP contribution in [0.1, 0.15) is 50.5 Å². The number of unbranched alkanes of at least 4 members (excludes halogenated alkanes) is 1. The minimum absolute atomic E-state index is 0.000108. The van der Waals surface area contributed by atoms with E-state index in [-0.39, 0.29) is 24.5 Å². The fourth-order valence-electron chi connectivity index (χ4n) is 5.25. The summed E-state index contributed by atoms with van der Waals surface area (Å²) in [6.07, 6.45) is 4.72. The minimum Gasteiger partial charge on any atom is -0.445 e. The lowest BCUT2D eigenvalue weighted by Gasteiger charge is -2.51. The third-order valence-electron chi connectivity index (χ3n) is 7.43. The topological polar surface area (TPSA) is 100 Å². The summed E-state index contributed by atoms with van der Waals surface area (Å²) in [4.78, 5) is 42.9. The Labute approximate surface area is 207 Å². The number of likely N-dealkylation sites (tertiary alicyclic amines) is 1. The van der Waals surface area contributed by atoms with E-state index in [2.05, 4.69) is 15.5 Å². The van der Waals surface area contributed by atoms with E-state index in [1.165, 1.54) is 0 Å². The van der Waals surface area contributed by atoms with E-state index in [4.69, 9.17) is 9.47 Å². The first kappa shape index (κ1) is 25.4. The molecule has 2 N–H and O–H groups in total. The second-order valence-corrected chi connectivity index (χ2v) is 9.93. The van der Waals surface area contributed by atoms with Crippen LogP contribution in [-0.4, -0.2) is 85.2 Å². The summed E-state index contributed by atoms with van der Waals surface area (Å²) in [7, 11) is 2.05. The zero-order valence-electron chi connectivity index (χ0n) is 20.7. The molecule has 2 atom stereocenters. The summed E-state index contributed by atoms with van der Waals surface area (Å²) in [6.45, 7) is 3.48. The fraction of sp³-hybridized carbons (Fsp3) is 0.654. The Kier molecular flexibility index (Phi) is 8.62. The lowest BCUT2D eigenvalue weighted by atomic mass is 9.81. The second kappa shape index (κ2) is 11.9. The van der Waals surface area contributed by atoms with Crippen LogP contribution in [0.15, 0.2) is 30.3 Å². The van der Waals surface area contributed by atoms with Gasteiger partial charge in [0, 0.05) is 32.8 Å². The van der Waals surface area contributed by atoms with Gasteiger partial charge < -0.3 is 29.9 Å². The number of piperazine rings is 1. The summed E-state index contributed by atoms with van der Waals surface area (Å²) in [5.41, 5.74) is 0.167. The van der Waals surface area contributed by atoms with Crippen molar-refractivity contribution in [2.24, 2.45) is 0 Å². The highest BCUT2D eigenvalue weighted by Crippen LogP contribution is 2.34. The molecule has 9 nitrogen and oxygen atoms in total. The lowest BCUT2D eigenvalue weighted by molar-refractivity contribution is -0.163. The number of nitrogens with zero attached hydrogens (tertiary/aromatic N) is 2. The van der Waals surface area contributed by atoms with Gasteiger partial charge in [-0.25, -0.2) is 4.79 Å². The third kappa shape index (κ3) is 6.32. The third-order valence-corrected chi connectivity index (χ3v) is 7.43. The Hall–Kier alpha value is -2.65. The van der Waals surface area contributed by atoms with Crippen molar-refractivity contribution < 1.29 is 23.9 Å². The van der Waals surface area contributed by atoms with Crippen molar-refractivity contribution in [1.29, 1.82) is 0 Å². The Morgan fingerprint density at radius 2 is 1.97 bits per heavy atom. The minimum atomic E-state index is -0.768. The number of benzene rings is 1. The van der Waals surface area contributed by atoms with Crippen LogP contribution in [-0.2, 0) is 25.7 Å². The van der Waals surface area contributed by atoms with Crippen LogP contribution in [0.5, 0.6) is 0 Å². The molecule has 35 heavy (non-hydrogen) atoms. The van der Waals surface area contributed by atoms with E-state index >= 15 is 0 Å². The number of ether oxygens (including phenoxy) is 2. The summed E-state index contributed by atoms with van der Waals surface area (Å²) < 4.78 is 11.0. The Balaban J connectivity index is 1.25. The molecule has 3 saturated heterocycles. The number of rotatable bonds is 9. The molecule has 9 heteroatoms. The number of alkyl carbamates (subject to hydrolysis) is 1. The van der Waals surface area contributed by atoms with Crippen molar-refractivity contribution in [3.05, 3.63) is 35.9 Å². The van der Waals surface area contributed by atoms with Gasteiger partial charge in [-0.05, 0) is 57.6 Å². The Morgan fingerprint density at radius 3 is 2.69 bits per heavy atom. The largest absolute Gasteiger partial charge is 0.445 e. The molecule has 3 amide bonds. The summed E-state index contributed by atoms with van der Waals surface area (Å²) in [5, 5.41) is 5.79. The SMILES string of the molecule is CN1CCC2(CC1)C(=O)NC(CCCCNC(=O)OCc1ccccc1)C(=O)N2CC1CCCO1. The van der Waals surface area contributed by atoms with Gasteiger partial charge in [-0.3, -0.25) is 9.59 Å². The average molecular weight is 487 g/mol. The molecule has 1 spiro atoms. The van der Waals surface area contributed by atoms with Crippen molar-refractivity contribution in [1.82, 2.24) is 20.4 Å². The Bertz CT molecular complexity index is 866. The number of amides is 3. The van der Waals surface area contributed by atoms with Crippen LogP contribution >= 0.6 is 0 Å². The molecule has 4 rings (SSSR count). The molecule has 2 unspecified atom stereocenters. The van der Waals surface area contributed by atoms with Crippen LogP contribution < -0.4 is 10.6 Å². The fourth-order valence-corrected chi connectivity index (χ4v) is 5.25. The molecule has 0 radical (unpaired) electrons. The van der Waals surface area contributed by atoms with Crippen molar-refractivity contribution in [2.45, 2.75) is 69.2 Å². The Morgan fingerprint density at radius 1 is 1.20 bits per heavy atom. The van der Waals surface area contributed by atoms with Gasteiger partial charge in [0.15, 0.2) is 0 Å². The van der Waals surface area contributed by atoms with E-state index in [1.54, 1.807) is 0 Å². The summed E-state index contributed by atoms with van der Waals surface area (Å²) in [5.74, 6) is -0.0318. The number of hydrogen-bond acceptors (Lipinski definition) is 6. The molecule has 0 aromatic heterocycles. The quantitative estimate of drug-likeness (QED) is 0.519. The molecule has 1 aromatic carbocycles. The van der Waals surface area contributed by atoms with Crippen molar-refractivity contribution in [3.8, 4) is 0 Å². The first-order chi connectivity index (χ1) is 17.0. The zero-order valence-corrected chi connectivity index (χ0v) is 20.7. The number of nitrogens with one attached hydrogen (secondary N) is 2. The summed E-state index contributed by atoms with van der Waals surface area (Å²) >= 11 is 0. The number of carbonyl (C=O) groups is 3.